The van der Waals surface area contributed by atoms with Crippen LogP contribution in [0.25, 0.3) is 0 Å². The quantitative estimate of drug-likeness (QED) is 0.849. The average Bonchev–Trinajstić information content (AvgIpc) is 2.43. The summed E-state index contributed by atoms with van der Waals surface area (Å²) in [6.45, 7) is 3.32. The summed E-state index contributed by atoms with van der Waals surface area (Å²) in [5.74, 6) is 0.398. The molecule has 0 saturated carbocycles. The first-order valence-corrected chi connectivity index (χ1v) is 6.78. The van der Waals surface area contributed by atoms with Crippen molar-refractivity contribution < 1.29 is 19.1 Å². The van der Waals surface area contributed by atoms with E-state index < -0.39 is 6.09 Å². The van der Waals surface area contributed by atoms with E-state index in [9.17, 15) is 9.59 Å². The van der Waals surface area contributed by atoms with Crippen LogP contribution in [0.2, 0.25) is 0 Å². The van der Waals surface area contributed by atoms with Crippen LogP contribution in [0.4, 0.5) is 9.59 Å². The van der Waals surface area contributed by atoms with Crippen LogP contribution in [0.1, 0.15) is 32.6 Å². The molecular formula is C13H24N2O4. The molecule has 0 aliphatic carbocycles. The standard InChI is InChI=1S/C13H24N2O4/c1-4-5-6-10-7-11(14-12(16)18-2)9-15(8-10)13(17)19-3/h10-11H,4-9H2,1-3H3,(H,14,16). The zero-order valence-corrected chi connectivity index (χ0v) is 12.0. The number of nitrogens with zero attached hydrogens (tertiary/aromatic N) is 1. The van der Waals surface area contributed by atoms with Gasteiger partial charge in [0, 0.05) is 13.1 Å². The maximum Gasteiger partial charge on any atom is 0.409 e. The van der Waals surface area contributed by atoms with Crippen molar-refractivity contribution in [3.63, 3.8) is 0 Å². The molecule has 1 rings (SSSR count). The van der Waals surface area contributed by atoms with Gasteiger partial charge in [0.15, 0.2) is 0 Å². The van der Waals surface area contributed by atoms with E-state index in [1.54, 1.807) is 4.90 Å². The number of hydrogen-bond acceptors (Lipinski definition) is 4. The van der Waals surface area contributed by atoms with E-state index in [2.05, 4.69) is 17.0 Å². The molecule has 0 radical (unpaired) electrons. The third-order valence-electron chi connectivity index (χ3n) is 3.44. The number of methoxy groups -OCH3 is 2. The molecule has 1 N–H and O–H groups in total. The number of piperidine rings is 1. The minimum atomic E-state index is -0.453. The highest BCUT2D eigenvalue weighted by atomic mass is 16.5. The highest BCUT2D eigenvalue weighted by Gasteiger charge is 2.31. The van der Waals surface area contributed by atoms with Gasteiger partial charge in [-0.15, -0.1) is 0 Å². The second-order valence-electron chi connectivity index (χ2n) is 4.95. The molecule has 2 atom stereocenters. The molecule has 6 nitrogen and oxygen atoms in total. The van der Waals surface area contributed by atoms with Gasteiger partial charge in [0.05, 0.1) is 20.3 Å². The molecule has 110 valence electrons. The molecule has 1 aliphatic rings. The Morgan fingerprint density at radius 3 is 2.58 bits per heavy atom. The smallest absolute Gasteiger partial charge is 0.409 e. The molecule has 0 aromatic rings. The molecule has 1 saturated heterocycles. The van der Waals surface area contributed by atoms with E-state index in [-0.39, 0.29) is 12.1 Å². The number of hydrogen-bond donors (Lipinski definition) is 1. The number of rotatable bonds is 4. The Morgan fingerprint density at radius 2 is 2.00 bits per heavy atom. The lowest BCUT2D eigenvalue weighted by Crippen LogP contribution is -2.52. The van der Waals surface area contributed by atoms with Crippen LogP contribution in [0.5, 0.6) is 0 Å². The highest BCUT2D eigenvalue weighted by molar-refractivity contribution is 5.69. The summed E-state index contributed by atoms with van der Waals surface area (Å²) in [6.07, 6.45) is 3.41. The number of alkyl carbamates (subject to hydrolysis) is 1. The summed E-state index contributed by atoms with van der Waals surface area (Å²) in [6, 6.07) is -0.0674. The van der Waals surface area contributed by atoms with Crippen molar-refractivity contribution in [1.82, 2.24) is 10.2 Å². The third kappa shape index (κ3) is 4.96. The Hall–Kier alpha value is -1.46. The van der Waals surface area contributed by atoms with Gasteiger partial charge >= 0.3 is 12.2 Å². The van der Waals surface area contributed by atoms with E-state index in [4.69, 9.17) is 4.74 Å². The van der Waals surface area contributed by atoms with E-state index >= 15 is 0 Å². The summed E-state index contributed by atoms with van der Waals surface area (Å²) >= 11 is 0. The van der Waals surface area contributed by atoms with Crippen molar-refractivity contribution >= 4 is 12.2 Å². The Balaban J connectivity index is 2.60. The van der Waals surface area contributed by atoms with Gasteiger partial charge in [-0.05, 0) is 18.8 Å². The van der Waals surface area contributed by atoms with Gasteiger partial charge in [0.25, 0.3) is 0 Å². The van der Waals surface area contributed by atoms with Gasteiger partial charge in [-0.3, -0.25) is 0 Å². The number of carbonyl (C=O) groups excluding carboxylic acids is 2. The van der Waals surface area contributed by atoms with Crippen LogP contribution < -0.4 is 5.32 Å². The van der Waals surface area contributed by atoms with Crippen LogP contribution in [0.15, 0.2) is 0 Å². The number of unbranched alkanes of at least 4 members (excludes halogenated alkanes) is 1. The molecule has 1 aliphatic heterocycles. The van der Waals surface area contributed by atoms with E-state index in [0.29, 0.717) is 19.0 Å². The van der Waals surface area contributed by atoms with Gasteiger partial charge in [-0.2, -0.15) is 0 Å². The summed E-state index contributed by atoms with van der Waals surface area (Å²) < 4.78 is 9.37. The Bertz CT molecular complexity index is 309. The number of likely N-dealkylation sites (tertiary alicyclic amines) is 1. The number of nitrogens with one attached hydrogen (secondary N) is 1. The summed E-state index contributed by atoms with van der Waals surface area (Å²) in [5.41, 5.74) is 0. The summed E-state index contributed by atoms with van der Waals surface area (Å²) in [4.78, 5) is 24.6. The molecule has 6 heteroatoms. The summed E-state index contributed by atoms with van der Waals surface area (Å²) in [5, 5.41) is 2.77. The van der Waals surface area contributed by atoms with Crippen molar-refractivity contribution in [3.8, 4) is 0 Å². The fourth-order valence-electron chi connectivity index (χ4n) is 2.51. The minimum absolute atomic E-state index is 0.0674. The molecule has 19 heavy (non-hydrogen) atoms. The maximum absolute atomic E-state index is 11.6. The number of ether oxygens (including phenoxy) is 2. The van der Waals surface area contributed by atoms with Crippen LogP contribution in [0.3, 0.4) is 0 Å². The molecule has 0 aromatic heterocycles. The van der Waals surface area contributed by atoms with Gasteiger partial charge < -0.3 is 19.7 Å². The largest absolute Gasteiger partial charge is 0.453 e. The normalized spacial score (nSPS) is 22.8. The second-order valence-corrected chi connectivity index (χ2v) is 4.95. The Morgan fingerprint density at radius 1 is 1.26 bits per heavy atom. The van der Waals surface area contributed by atoms with Crippen molar-refractivity contribution in [2.45, 2.75) is 38.6 Å². The Kier molecular flexibility index (Phi) is 6.45. The predicted molar refractivity (Wildman–Crippen MR) is 70.9 cm³/mol. The third-order valence-corrected chi connectivity index (χ3v) is 3.44. The number of amides is 2. The molecule has 0 aromatic carbocycles. The molecule has 1 fully saturated rings. The van der Waals surface area contributed by atoms with Gasteiger partial charge in [-0.25, -0.2) is 9.59 Å². The SMILES string of the molecule is CCCCC1CC(NC(=O)OC)CN(C(=O)OC)C1. The number of carbonyl (C=O) groups is 2. The summed E-state index contributed by atoms with van der Waals surface area (Å²) in [7, 11) is 2.71. The molecule has 1 heterocycles. The van der Waals surface area contributed by atoms with Crippen LogP contribution in [0, 0.1) is 5.92 Å². The molecule has 0 bridgehead atoms. The van der Waals surface area contributed by atoms with Crippen LogP contribution in [-0.2, 0) is 9.47 Å². The minimum Gasteiger partial charge on any atom is -0.453 e. The first-order chi connectivity index (χ1) is 9.10. The van der Waals surface area contributed by atoms with Crippen LogP contribution >= 0.6 is 0 Å². The predicted octanol–water partition coefficient (Wildman–Crippen LogP) is 1.99. The monoisotopic (exact) mass is 272 g/mol. The van der Waals surface area contributed by atoms with E-state index in [1.807, 2.05) is 0 Å². The molecule has 2 unspecified atom stereocenters. The van der Waals surface area contributed by atoms with Gasteiger partial charge in [-0.1, -0.05) is 19.8 Å². The zero-order valence-electron chi connectivity index (χ0n) is 12.0. The van der Waals surface area contributed by atoms with Crippen LogP contribution in [-0.4, -0.2) is 50.4 Å². The molecule has 0 spiro atoms. The fraction of sp³-hybridized carbons (Fsp3) is 0.846. The first kappa shape index (κ1) is 15.6. The zero-order chi connectivity index (χ0) is 14.3. The lowest BCUT2D eigenvalue weighted by molar-refractivity contribution is 0.0862. The first-order valence-electron chi connectivity index (χ1n) is 6.78. The molecule has 2 amide bonds. The lowest BCUT2D eigenvalue weighted by Gasteiger charge is -2.37. The van der Waals surface area contributed by atoms with Crippen molar-refractivity contribution in [1.29, 1.82) is 0 Å². The maximum atomic E-state index is 11.6. The topological polar surface area (TPSA) is 67.9 Å². The lowest BCUT2D eigenvalue weighted by atomic mass is 9.90. The second kappa shape index (κ2) is 7.86. The van der Waals surface area contributed by atoms with Gasteiger partial charge in [0.2, 0.25) is 0 Å². The van der Waals surface area contributed by atoms with E-state index in [1.165, 1.54) is 14.2 Å². The van der Waals surface area contributed by atoms with Crippen molar-refractivity contribution in [2.75, 3.05) is 27.3 Å². The van der Waals surface area contributed by atoms with Gasteiger partial charge in [0.1, 0.15) is 0 Å². The average molecular weight is 272 g/mol. The molecular weight excluding hydrogens is 248 g/mol. The fourth-order valence-corrected chi connectivity index (χ4v) is 2.51. The van der Waals surface area contributed by atoms with Crippen molar-refractivity contribution in [3.05, 3.63) is 0 Å². The highest BCUT2D eigenvalue weighted by Crippen LogP contribution is 2.22. The Labute approximate surface area is 114 Å². The van der Waals surface area contributed by atoms with E-state index in [0.717, 1.165) is 25.7 Å². The van der Waals surface area contributed by atoms with Crippen molar-refractivity contribution in [2.24, 2.45) is 5.92 Å².